The Morgan fingerprint density at radius 2 is 2.00 bits per heavy atom. The van der Waals surface area contributed by atoms with Crippen LogP contribution in [0.2, 0.25) is 0 Å². The maximum absolute atomic E-state index is 11.8. The van der Waals surface area contributed by atoms with Gasteiger partial charge >= 0.3 is 0 Å². The number of benzene rings is 1. The summed E-state index contributed by atoms with van der Waals surface area (Å²) in [6.07, 6.45) is 5.33. The molecule has 0 bridgehead atoms. The third kappa shape index (κ3) is 5.39. The van der Waals surface area contributed by atoms with Crippen LogP contribution in [-0.4, -0.2) is 38.1 Å². The number of carbonyl (C=O) groups excluding carboxylic acids is 2. The Kier molecular flexibility index (Phi) is 5.51. The van der Waals surface area contributed by atoms with Crippen LogP contribution >= 0.6 is 0 Å². The highest BCUT2D eigenvalue weighted by atomic mass is 16.5. The molecule has 0 spiro atoms. The van der Waals surface area contributed by atoms with Crippen LogP contribution in [0.15, 0.2) is 30.3 Å². The minimum atomic E-state index is -0.164. The van der Waals surface area contributed by atoms with Gasteiger partial charge in [0.2, 0.25) is 5.91 Å². The van der Waals surface area contributed by atoms with Crippen molar-refractivity contribution in [2.75, 3.05) is 20.3 Å². The third-order valence-corrected chi connectivity index (χ3v) is 3.12. The van der Waals surface area contributed by atoms with E-state index < -0.39 is 0 Å². The van der Waals surface area contributed by atoms with Gasteiger partial charge in [-0.3, -0.25) is 9.59 Å². The Hall–Kier alpha value is -2.14. The van der Waals surface area contributed by atoms with Crippen LogP contribution in [0.4, 0.5) is 0 Å². The molecular weight excluding hydrogens is 268 g/mol. The lowest BCUT2D eigenvalue weighted by Gasteiger charge is -2.03. The molecule has 21 heavy (non-hydrogen) atoms. The van der Waals surface area contributed by atoms with Gasteiger partial charge in [0.25, 0.3) is 5.91 Å². The number of rotatable bonds is 7. The Balaban J connectivity index is 1.83. The molecule has 0 radical (unpaired) electrons. The molecule has 1 aromatic rings. The molecule has 1 fully saturated rings. The number of nitrogens with one attached hydrogen (secondary N) is 2. The zero-order valence-corrected chi connectivity index (χ0v) is 12.1. The first-order valence-electron chi connectivity index (χ1n) is 7.05. The fourth-order valence-electron chi connectivity index (χ4n) is 1.75. The maximum Gasteiger partial charge on any atom is 0.251 e. The van der Waals surface area contributed by atoms with Crippen LogP contribution in [0.5, 0.6) is 0 Å². The van der Waals surface area contributed by atoms with E-state index in [4.69, 9.17) is 4.74 Å². The molecule has 1 aliphatic carbocycles. The molecule has 1 aromatic carbocycles. The number of hydrogen-bond acceptors (Lipinski definition) is 3. The summed E-state index contributed by atoms with van der Waals surface area (Å²) in [6, 6.07) is 7.52. The second-order valence-corrected chi connectivity index (χ2v) is 4.99. The topological polar surface area (TPSA) is 67.4 Å². The van der Waals surface area contributed by atoms with Gasteiger partial charge in [0, 0.05) is 31.3 Å². The van der Waals surface area contributed by atoms with Crippen molar-refractivity contribution >= 4 is 17.9 Å². The normalized spacial score (nSPS) is 14.1. The first kappa shape index (κ1) is 15.3. The first-order valence-corrected chi connectivity index (χ1v) is 7.05. The fraction of sp³-hybridized carbons (Fsp3) is 0.375. The summed E-state index contributed by atoms with van der Waals surface area (Å²) >= 11 is 0. The zero-order chi connectivity index (χ0) is 15.1. The Labute approximate surface area is 124 Å². The molecule has 0 atom stereocenters. The molecule has 0 unspecified atom stereocenters. The van der Waals surface area contributed by atoms with Gasteiger partial charge in [0.05, 0.1) is 6.61 Å². The molecule has 0 saturated heterocycles. The molecule has 0 aromatic heterocycles. The Bertz CT molecular complexity index is 519. The summed E-state index contributed by atoms with van der Waals surface area (Å²) in [6.45, 7) is 0.977. The van der Waals surface area contributed by atoms with Crippen LogP contribution in [0.1, 0.15) is 28.8 Å². The SMILES string of the molecule is COCCNC(=O)/C=C/c1ccc(C(=O)NC2CC2)cc1. The van der Waals surface area contributed by atoms with Gasteiger partial charge in [-0.2, -0.15) is 0 Å². The van der Waals surface area contributed by atoms with Crippen molar-refractivity contribution in [1.29, 1.82) is 0 Å². The predicted octanol–water partition coefficient (Wildman–Crippen LogP) is 1.35. The van der Waals surface area contributed by atoms with Gasteiger partial charge in [0.1, 0.15) is 0 Å². The molecule has 0 heterocycles. The van der Waals surface area contributed by atoms with Crippen molar-refractivity contribution < 1.29 is 14.3 Å². The standard InChI is InChI=1S/C16H20N2O3/c1-21-11-10-17-15(19)9-4-12-2-5-13(6-3-12)16(20)18-14-7-8-14/h2-6,9,14H,7-8,10-11H2,1H3,(H,17,19)(H,18,20)/b9-4+. The Morgan fingerprint density at radius 3 is 2.62 bits per heavy atom. The highest BCUT2D eigenvalue weighted by Crippen LogP contribution is 2.19. The number of ether oxygens (including phenoxy) is 1. The van der Waals surface area contributed by atoms with Crippen LogP contribution in [-0.2, 0) is 9.53 Å². The monoisotopic (exact) mass is 288 g/mol. The molecule has 1 aliphatic rings. The van der Waals surface area contributed by atoms with E-state index in [9.17, 15) is 9.59 Å². The van der Waals surface area contributed by atoms with Gasteiger partial charge in [-0.05, 0) is 36.6 Å². The molecule has 2 N–H and O–H groups in total. The summed E-state index contributed by atoms with van der Waals surface area (Å²) < 4.78 is 4.85. The smallest absolute Gasteiger partial charge is 0.251 e. The van der Waals surface area contributed by atoms with Crippen molar-refractivity contribution in [3.8, 4) is 0 Å². The molecule has 2 rings (SSSR count). The van der Waals surface area contributed by atoms with Crippen molar-refractivity contribution in [1.82, 2.24) is 10.6 Å². The van der Waals surface area contributed by atoms with Gasteiger partial charge in [-0.15, -0.1) is 0 Å². The van der Waals surface area contributed by atoms with E-state index in [2.05, 4.69) is 10.6 Å². The lowest BCUT2D eigenvalue weighted by molar-refractivity contribution is -0.116. The zero-order valence-electron chi connectivity index (χ0n) is 12.1. The third-order valence-electron chi connectivity index (χ3n) is 3.12. The summed E-state index contributed by atoms with van der Waals surface area (Å²) in [7, 11) is 1.59. The van der Waals surface area contributed by atoms with Crippen molar-refractivity contribution in [3.05, 3.63) is 41.5 Å². The van der Waals surface area contributed by atoms with Crippen LogP contribution < -0.4 is 10.6 Å². The van der Waals surface area contributed by atoms with Crippen molar-refractivity contribution in [3.63, 3.8) is 0 Å². The lowest BCUT2D eigenvalue weighted by atomic mass is 10.1. The second-order valence-electron chi connectivity index (χ2n) is 4.99. The fourth-order valence-corrected chi connectivity index (χ4v) is 1.75. The average molecular weight is 288 g/mol. The molecule has 0 aliphatic heterocycles. The molecule has 2 amide bonds. The summed E-state index contributed by atoms with van der Waals surface area (Å²) in [4.78, 5) is 23.3. The van der Waals surface area contributed by atoms with Crippen molar-refractivity contribution in [2.45, 2.75) is 18.9 Å². The van der Waals surface area contributed by atoms with E-state index >= 15 is 0 Å². The number of methoxy groups -OCH3 is 1. The van der Waals surface area contributed by atoms with Crippen LogP contribution in [0.3, 0.4) is 0 Å². The van der Waals surface area contributed by atoms with Crippen LogP contribution in [0, 0.1) is 0 Å². The first-order chi connectivity index (χ1) is 10.2. The largest absolute Gasteiger partial charge is 0.383 e. The van der Waals surface area contributed by atoms with E-state index in [0.717, 1.165) is 18.4 Å². The van der Waals surface area contributed by atoms with Gasteiger partial charge in [-0.1, -0.05) is 12.1 Å². The van der Waals surface area contributed by atoms with Crippen LogP contribution in [0.25, 0.3) is 6.08 Å². The van der Waals surface area contributed by atoms with E-state index in [1.54, 1.807) is 25.3 Å². The number of carbonyl (C=O) groups is 2. The van der Waals surface area contributed by atoms with Gasteiger partial charge in [0.15, 0.2) is 0 Å². The minimum absolute atomic E-state index is 0.0367. The summed E-state index contributed by atoms with van der Waals surface area (Å²) in [5.74, 6) is -0.201. The van der Waals surface area contributed by atoms with Gasteiger partial charge in [-0.25, -0.2) is 0 Å². The number of amides is 2. The second kappa shape index (κ2) is 7.59. The Morgan fingerprint density at radius 1 is 1.29 bits per heavy atom. The molecule has 5 nitrogen and oxygen atoms in total. The van der Waals surface area contributed by atoms with Crippen molar-refractivity contribution in [2.24, 2.45) is 0 Å². The molecule has 1 saturated carbocycles. The van der Waals surface area contributed by atoms with E-state index in [0.29, 0.717) is 24.8 Å². The highest BCUT2D eigenvalue weighted by molar-refractivity contribution is 5.95. The van der Waals surface area contributed by atoms with E-state index in [1.165, 1.54) is 6.08 Å². The molecule has 112 valence electrons. The lowest BCUT2D eigenvalue weighted by Crippen LogP contribution is -2.25. The van der Waals surface area contributed by atoms with Gasteiger partial charge < -0.3 is 15.4 Å². The highest BCUT2D eigenvalue weighted by Gasteiger charge is 2.23. The van der Waals surface area contributed by atoms with E-state index in [1.807, 2.05) is 12.1 Å². The number of hydrogen-bond donors (Lipinski definition) is 2. The quantitative estimate of drug-likeness (QED) is 0.588. The van der Waals surface area contributed by atoms with E-state index in [-0.39, 0.29) is 11.8 Å². The minimum Gasteiger partial charge on any atom is -0.383 e. The molecular formula is C16H20N2O3. The predicted molar refractivity (Wildman–Crippen MR) is 80.8 cm³/mol. The maximum atomic E-state index is 11.8. The summed E-state index contributed by atoms with van der Waals surface area (Å²) in [5.41, 5.74) is 1.52. The average Bonchev–Trinajstić information content (AvgIpc) is 3.30. The summed E-state index contributed by atoms with van der Waals surface area (Å²) in [5, 5.41) is 5.63. The molecule has 5 heteroatoms.